The first-order valence-electron chi connectivity index (χ1n) is 6.29. The van der Waals surface area contributed by atoms with Crippen molar-refractivity contribution in [3.63, 3.8) is 0 Å². The molecule has 1 aliphatic heterocycles. The van der Waals surface area contributed by atoms with Gasteiger partial charge in [-0.25, -0.2) is 0 Å². The highest BCUT2D eigenvalue weighted by atomic mass is 16.2. The molecule has 1 aromatic carbocycles. The molecule has 102 valence electrons. The van der Waals surface area contributed by atoms with Gasteiger partial charge in [0, 0.05) is 11.7 Å². The Labute approximate surface area is 115 Å². The number of nitrogens with one attached hydrogen (secondary N) is 2. The van der Waals surface area contributed by atoms with Gasteiger partial charge in [0.25, 0.3) is 11.8 Å². The molecular weight excluding hydrogens is 258 g/mol. The number of imide groups is 1. The van der Waals surface area contributed by atoms with E-state index in [1.165, 1.54) is 12.1 Å². The van der Waals surface area contributed by atoms with Crippen LogP contribution in [-0.2, 0) is 4.79 Å². The lowest BCUT2D eigenvalue weighted by Crippen LogP contribution is -2.24. The first kappa shape index (κ1) is 12.6. The zero-order valence-electron chi connectivity index (χ0n) is 10.6. The number of anilines is 1. The average Bonchev–Trinajstić information content (AvgIpc) is 2.95. The highest BCUT2D eigenvalue weighted by Gasteiger charge is 2.27. The van der Waals surface area contributed by atoms with Crippen LogP contribution in [0.3, 0.4) is 0 Å². The maximum absolute atomic E-state index is 12.0. The summed E-state index contributed by atoms with van der Waals surface area (Å²) in [6, 6.07) is 4.55. The molecule has 4 N–H and O–H groups in total. The van der Waals surface area contributed by atoms with Gasteiger partial charge in [-0.2, -0.15) is 0 Å². The van der Waals surface area contributed by atoms with Gasteiger partial charge in [0.2, 0.25) is 5.91 Å². The van der Waals surface area contributed by atoms with Gasteiger partial charge >= 0.3 is 0 Å². The van der Waals surface area contributed by atoms with E-state index >= 15 is 0 Å². The summed E-state index contributed by atoms with van der Waals surface area (Å²) in [4.78, 5) is 35.0. The number of rotatable bonds is 2. The summed E-state index contributed by atoms with van der Waals surface area (Å²) >= 11 is 0. The smallest absolute Gasteiger partial charge is 0.259 e. The minimum absolute atomic E-state index is 0.0887. The molecule has 0 bridgehead atoms. The molecule has 2 unspecified atom stereocenters. The molecule has 6 heteroatoms. The second-order valence-corrected chi connectivity index (χ2v) is 4.92. The van der Waals surface area contributed by atoms with Gasteiger partial charge in [-0.3, -0.25) is 19.7 Å². The lowest BCUT2D eigenvalue weighted by Gasteiger charge is -2.11. The minimum Gasteiger partial charge on any atom is -0.326 e. The van der Waals surface area contributed by atoms with Gasteiger partial charge in [-0.15, -0.1) is 0 Å². The third-order valence-corrected chi connectivity index (χ3v) is 3.46. The van der Waals surface area contributed by atoms with Gasteiger partial charge in [0.05, 0.1) is 17.0 Å². The number of benzene rings is 1. The maximum Gasteiger partial charge on any atom is 0.259 e. The Kier molecular flexibility index (Phi) is 2.87. The molecule has 3 amide bonds. The van der Waals surface area contributed by atoms with Crippen LogP contribution in [0.2, 0.25) is 0 Å². The van der Waals surface area contributed by atoms with Crippen LogP contribution in [0.4, 0.5) is 5.69 Å². The molecule has 6 nitrogen and oxygen atoms in total. The van der Waals surface area contributed by atoms with Crippen molar-refractivity contribution >= 4 is 23.4 Å². The lowest BCUT2D eigenvalue weighted by atomic mass is 10.1. The second kappa shape index (κ2) is 4.57. The van der Waals surface area contributed by atoms with Crippen molar-refractivity contribution in [1.82, 2.24) is 5.32 Å². The van der Waals surface area contributed by atoms with Crippen molar-refractivity contribution in [3.05, 3.63) is 41.5 Å². The van der Waals surface area contributed by atoms with Crippen molar-refractivity contribution in [3.8, 4) is 0 Å². The molecule has 0 saturated heterocycles. The molecule has 1 heterocycles. The Morgan fingerprint density at radius 3 is 2.65 bits per heavy atom. The molecule has 3 rings (SSSR count). The van der Waals surface area contributed by atoms with Crippen LogP contribution in [-0.4, -0.2) is 23.8 Å². The number of fused-ring (bicyclic) bond motifs is 1. The van der Waals surface area contributed by atoms with E-state index in [-0.39, 0.29) is 23.4 Å². The van der Waals surface area contributed by atoms with Gasteiger partial charge in [0.1, 0.15) is 0 Å². The fourth-order valence-electron chi connectivity index (χ4n) is 2.40. The lowest BCUT2D eigenvalue weighted by molar-refractivity contribution is -0.118. The fraction of sp³-hybridized carbons (Fsp3) is 0.214. The van der Waals surface area contributed by atoms with Gasteiger partial charge in [-0.1, -0.05) is 12.2 Å². The molecule has 0 fully saturated rings. The number of hydrogen-bond donors (Lipinski definition) is 3. The number of nitrogens with two attached hydrogens (primary N) is 1. The SMILES string of the molecule is NC1C=CC(C(=O)Nc2ccc3c(c2)C(=O)NC3=O)C1. The quantitative estimate of drug-likeness (QED) is 0.535. The molecule has 2 aliphatic rings. The van der Waals surface area contributed by atoms with E-state index in [2.05, 4.69) is 10.6 Å². The summed E-state index contributed by atoms with van der Waals surface area (Å²) in [6.07, 6.45) is 4.17. The number of hydrogen-bond acceptors (Lipinski definition) is 4. The highest BCUT2D eigenvalue weighted by molar-refractivity contribution is 6.22. The zero-order chi connectivity index (χ0) is 14.3. The minimum atomic E-state index is -0.441. The van der Waals surface area contributed by atoms with E-state index < -0.39 is 11.8 Å². The predicted molar refractivity (Wildman–Crippen MR) is 72.1 cm³/mol. The van der Waals surface area contributed by atoms with E-state index in [1.54, 1.807) is 18.2 Å². The van der Waals surface area contributed by atoms with E-state index in [0.717, 1.165) is 0 Å². The van der Waals surface area contributed by atoms with Gasteiger partial charge < -0.3 is 11.1 Å². The van der Waals surface area contributed by atoms with E-state index in [0.29, 0.717) is 17.7 Å². The Morgan fingerprint density at radius 1 is 1.20 bits per heavy atom. The summed E-state index contributed by atoms with van der Waals surface area (Å²) in [7, 11) is 0. The molecule has 0 aromatic heterocycles. The van der Waals surface area contributed by atoms with Crippen LogP contribution >= 0.6 is 0 Å². The molecule has 0 radical (unpaired) electrons. The summed E-state index contributed by atoms with van der Waals surface area (Å²) in [5.74, 6) is -1.27. The highest BCUT2D eigenvalue weighted by Crippen LogP contribution is 2.22. The van der Waals surface area contributed by atoms with Crippen molar-refractivity contribution in [2.24, 2.45) is 11.7 Å². The number of carbonyl (C=O) groups is 3. The third kappa shape index (κ3) is 2.10. The van der Waals surface area contributed by atoms with Crippen LogP contribution in [0.5, 0.6) is 0 Å². The Bertz CT molecular complexity index is 651. The summed E-state index contributed by atoms with van der Waals surface area (Å²) < 4.78 is 0. The molecular formula is C14H13N3O3. The second-order valence-electron chi connectivity index (χ2n) is 4.92. The largest absolute Gasteiger partial charge is 0.326 e. The van der Waals surface area contributed by atoms with Gasteiger partial charge in [0.15, 0.2) is 0 Å². The summed E-state index contributed by atoms with van der Waals surface area (Å²) in [6.45, 7) is 0. The van der Waals surface area contributed by atoms with Crippen LogP contribution in [0, 0.1) is 5.92 Å². The van der Waals surface area contributed by atoms with Crippen LogP contribution in [0.1, 0.15) is 27.1 Å². The monoisotopic (exact) mass is 271 g/mol. The number of amides is 3. The molecule has 0 spiro atoms. The van der Waals surface area contributed by atoms with E-state index in [1.807, 2.05) is 0 Å². The van der Waals surface area contributed by atoms with Gasteiger partial charge in [-0.05, 0) is 24.6 Å². The zero-order valence-corrected chi connectivity index (χ0v) is 10.6. The van der Waals surface area contributed by atoms with Crippen molar-refractivity contribution in [2.75, 3.05) is 5.32 Å². The van der Waals surface area contributed by atoms with Crippen molar-refractivity contribution in [2.45, 2.75) is 12.5 Å². The molecule has 1 aromatic rings. The van der Waals surface area contributed by atoms with E-state index in [4.69, 9.17) is 5.73 Å². The predicted octanol–water partition coefficient (Wildman–Crippen LogP) is 0.412. The summed E-state index contributed by atoms with van der Waals surface area (Å²) in [5, 5.41) is 4.94. The molecule has 2 atom stereocenters. The molecule has 1 aliphatic carbocycles. The topological polar surface area (TPSA) is 101 Å². The Hall–Kier alpha value is -2.47. The van der Waals surface area contributed by atoms with Crippen LogP contribution in [0.15, 0.2) is 30.4 Å². The summed E-state index contributed by atoms with van der Waals surface area (Å²) in [5.41, 5.74) is 6.81. The molecule has 0 saturated carbocycles. The number of carbonyl (C=O) groups excluding carboxylic acids is 3. The normalized spacial score (nSPS) is 23.6. The first-order chi connectivity index (χ1) is 9.54. The first-order valence-corrected chi connectivity index (χ1v) is 6.29. The standard InChI is InChI=1S/C14H13N3O3/c15-8-2-1-7(5-8)12(18)16-9-3-4-10-11(6-9)14(20)17-13(10)19/h1-4,6-8H,5,15H2,(H,16,18)(H,17,19,20). The average molecular weight is 271 g/mol. The van der Waals surface area contributed by atoms with Crippen LogP contribution in [0.25, 0.3) is 0 Å². The van der Waals surface area contributed by atoms with E-state index in [9.17, 15) is 14.4 Å². The third-order valence-electron chi connectivity index (χ3n) is 3.46. The van der Waals surface area contributed by atoms with Crippen molar-refractivity contribution < 1.29 is 14.4 Å². The van der Waals surface area contributed by atoms with Crippen molar-refractivity contribution in [1.29, 1.82) is 0 Å². The van der Waals surface area contributed by atoms with Crippen LogP contribution < -0.4 is 16.4 Å². The molecule has 20 heavy (non-hydrogen) atoms. The fourth-order valence-corrected chi connectivity index (χ4v) is 2.40. The Morgan fingerprint density at radius 2 is 1.95 bits per heavy atom. The maximum atomic E-state index is 12.0. The Balaban J connectivity index is 1.78.